The van der Waals surface area contributed by atoms with Crippen LogP contribution in [0, 0.1) is 6.92 Å². The molecule has 0 saturated heterocycles. The van der Waals surface area contributed by atoms with Crippen molar-refractivity contribution in [2.24, 2.45) is 5.73 Å². The van der Waals surface area contributed by atoms with Crippen molar-refractivity contribution in [2.75, 3.05) is 30.8 Å². The Labute approximate surface area is 111 Å². The van der Waals surface area contributed by atoms with Crippen molar-refractivity contribution < 1.29 is 9.53 Å². The molecule has 0 spiro atoms. The summed E-state index contributed by atoms with van der Waals surface area (Å²) in [7, 11) is 1.84. The molecule has 0 aromatic carbocycles. The van der Waals surface area contributed by atoms with E-state index in [1.165, 1.54) is 0 Å². The van der Waals surface area contributed by atoms with Crippen LogP contribution < -0.4 is 16.4 Å². The van der Waals surface area contributed by atoms with Crippen molar-refractivity contribution in [1.29, 1.82) is 0 Å². The molecule has 1 aliphatic carbocycles. The van der Waals surface area contributed by atoms with Gasteiger partial charge in [-0.15, -0.1) is 0 Å². The molecule has 0 aliphatic heterocycles. The number of aromatic nitrogens is 2. The van der Waals surface area contributed by atoms with Crippen LogP contribution in [-0.2, 0) is 4.74 Å². The monoisotopic (exact) mass is 265 g/mol. The van der Waals surface area contributed by atoms with Crippen LogP contribution in [0.4, 0.5) is 16.4 Å². The Kier molecular flexibility index (Phi) is 4.03. The molecule has 2 rings (SSSR count). The first kappa shape index (κ1) is 13.4. The van der Waals surface area contributed by atoms with E-state index in [-0.39, 0.29) is 6.61 Å². The Hall–Kier alpha value is -2.05. The van der Waals surface area contributed by atoms with Gasteiger partial charge in [-0.3, -0.25) is 0 Å². The third-order valence-electron chi connectivity index (χ3n) is 2.98. The van der Waals surface area contributed by atoms with Gasteiger partial charge in [-0.25, -0.2) is 14.8 Å². The summed E-state index contributed by atoms with van der Waals surface area (Å²) in [5, 5.41) is 6.21. The molecule has 0 radical (unpaired) electrons. The van der Waals surface area contributed by atoms with Gasteiger partial charge in [0.15, 0.2) is 0 Å². The zero-order valence-corrected chi connectivity index (χ0v) is 11.2. The topological polar surface area (TPSA) is 102 Å². The summed E-state index contributed by atoms with van der Waals surface area (Å²) in [6.45, 7) is 2.63. The molecule has 0 atom stereocenters. The molecule has 0 bridgehead atoms. The lowest BCUT2D eigenvalue weighted by molar-refractivity contribution is 0.161. The van der Waals surface area contributed by atoms with Crippen molar-refractivity contribution in [2.45, 2.75) is 25.7 Å². The molecule has 1 aromatic heterocycles. The van der Waals surface area contributed by atoms with E-state index in [1.807, 2.05) is 14.0 Å². The second-order valence-electron chi connectivity index (χ2n) is 4.52. The van der Waals surface area contributed by atoms with Gasteiger partial charge in [0, 0.05) is 18.5 Å². The number of nitrogens with one attached hydrogen (secondary N) is 2. The minimum atomic E-state index is -0.768. The summed E-state index contributed by atoms with van der Waals surface area (Å²) in [6.07, 6.45) is 1.53. The summed E-state index contributed by atoms with van der Waals surface area (Å²) >= 11 is 0. The SMILES string of the molecule is CNc1nc(C2CC2)nc(NCCOC(N)=O)c1C. The van der Waals surface area contributed by atoms with Gasteiger partial charge in [0.05, 0.1) is 6.54 Å². The van der Waals surface area contributed by atoms with Gasteiger partial charge in [0.2, 0.25) is 0 Å². The normalized spacial score (nSPS) is 14.0. The molecule has 1 amide bonds. The van der Waals surface area contributed by atoms with Crippen LogP contribution in [0.5, 0.6) is 0 Å². The number of carbonyl (C=O) groups excluding carboxylic acids is 1. The van der Waals surface area contributed by atoms with Crippen molar-refractivity contribution in [3.05, 3.63) is 11.4 Å². The Balaban J connectivity index is 2.05. The number of hydrogen-bond donors (Lipinski definition) is 3. The van der Waals surface area contributed by atoms with Gasteiger partial charge in [-0.05, 0) is 19.8 Å². The van der Waals surface area contributed by atoms with Crippen molar-refractivity contribution in [1.82, 2.24) is 9.97 Å². The molecule has 1 heterocycles. The van der Waals surface area contributed by atoms with Crippen LogP contribution in [-0.4, -0.2) is 36.3 Å². The third kappa shape index (κ3) is 3.46. The number of ether oxygens (including phenoxy) is 1. The van der Waals surface area contributed by atoms with Crippen LogP contribution in [0.25, 0.3) is 0 Å². The molecule has 7 nitrogen and oxygen atoms in total. The van der Waals surface area contributed by atoms with Crippen LogP contribution in [0.3, 0.4) is 0 Å². The van der Waals surface area contributed by atoms with Crippen molar-refractivity contribution in [3.63, 3.8) is 0 Å². The van der Waals surface area contributed by atoms with Gasteiger partial charge in [0.25, 0.3) is 0 Å². The standard InChI is InChI=1S/C12H19N5O2/c1-7-9(14-2)16-11(8-3-4-8)17-10(7)15-5-6-19-12(13)18/h8H,3-6H2,1-2H3,(H2,13,18)(H2,14,15,16,17). The molecular weight excluding hydrogens is 246 g/mol. The summed E-state index contributed by atoms with van der Waals surface area (Å²) in [6, 6.07) is 0. The van der Waals surface area contributed by atoms with Gasteiger partial charge in [-0.2, -0.15) is 0 Å². The van der Waals surface area contributed by atoms with E-state index in [0.717, 1.165) is 35.9 Å². The predicted octanol–water partition coefficient (Wildman–Crippen LogP) is 1.21. The second-order valence-corrected chi connectivity index (χ2v) is 4.52. The molecule has 4 N–H and O–H groups in total. The maximum absolute atomic E-state index is 10.5. The number of carbonyl (C=O) groups is 1. The molecule has 0 unspecified atom stereocenters. The van der Waals surface area contributed by atoms with Gasteiger partial charge in [0.1, 0.15) is 24.1 Å². The van der Waals surface area contributed by atoms with E-state index in [9.17, 15) is 4.79 Å². The van der Waals surface area contributed by atoms with E-state index < -0.39 is 6.09 Å². The Bertz CT molecular complexity index is 473. The maximum atomic E-state index is 10.5. The highest BCUT2D eigenvalue weighted by Gasteiger charge is 2.28. The summed E-state index contributed by atoms with van der Waals surface area (Å²) in [5.74, 6) is 2.95. The van der Waals surface area contributed by atoms with Crippen LogP contribution in [0.2, 0.25) is 0 Å². The summed E-state index contributed by atoms with van der Waals surface area (Å²) in [5.41, 5.74) is 5.84. The molecule has 104 valence electrons. The molecule has 1 fully saturated rings. The fourth-order valence-corrected chi connectivity index (χ4v) is 1.79. The van der Waals surface area contributed by atoms with Crippen LogP contribution in [0.1, 0.15) is 30.1 Å². The van der Waals surface area contributed by atoms with E-state index in [0.29, 0.717) is 12.5 Å². The highest BCUT2D eigenvalue weighted by Crippen LogP contribution is 2.39. The maximum Gasteiger partial charge on any atom is 0.404 e. The average Bonchev–Trinajstić information content (AvgIpc) is 3.20. The van der Waals surface area contributed by atoms with E-state index in [4.69, 9.17) is 5.73 Å². The second kappa shape index (κ2) is 5.73. The number of rotatable bonds is 6. The smallest absolute Gasteiger partial charge is 0.404 e. The Morgan fingerprint density at radius 1 is 1.42 bits per heavy atom. The highest BCUT2D eigenvalue weighted by atomic mass is 16.5. The quantitative estimate of drug-likeness (QED) is 0.668. The molecule has 7 heteroatoms. The lowest BCUT2D eigenvalue weighted by Crippen LogP contribution is -2.19. The number of anilines is 2. The minimum Gasteiger partial charge on any atom is -0.448 e. The minimum absolute atomic E-state index is 0.215. The summed E-state index contributed by atoms with van der Waals surface area (Å²) < 4.78 is 4.67. The predicted molar refractivity (Wildman–Crippen MR) is 72.3 cm³/mol. The van der Waals surface area contributed by atoms with Crippen LogP contribution >= 0.6 is 0 Å². The number of nitrogens with zero attached hydrogens (tertiary/aromatic N) is 2. The Morgan fingerprint density at radius 3 is 2.68 bits per heavy atom. The molecule has 1 aromatic rings. The Morgan fingerprint density at radius 2 is 2.11 bits per heavy atom. The fourth-order valence-electron chi connectivity index (χ4n) is 1.79. The first-order valence-electron chi connectivity index (χ1n) is 6.34. The average molecular weight is 265 g/mol. The number of amides is 1. The number of nitrogens with two attached hydrogens (primary N) is 1. The lowest BCUT2D eigenvalue weighted by Gasteiger charge is -2.13. The number of hydrogen-bond acceptors (Lipinski definition) is 6. The largest absolute Gasteiger partial charge is 0.448 e. The van der Waals surface area contributed by atoms with E-state index in [1.54, 1.807) is 0 Å². The van der Waals surface area contributed by atoms with Gasteiger partial charge >= 0.3 is 6.09 Å². The van der Waals surface area contributed by atoms with Crippen LogP contribution in [0.15, 0.2) is 0 Å². The molecule has 19 heavy (non-hydrogen) atoms. The summed E-state index contributed by atoms with van der Waals surface area (Å²) in [4.78, 5) is 19.5. The fraction of sp³-hybridized carbons (Fsp3) is 0.583. The van der Waals surface area contributed by atoms with Crippen molar-refractivity contribution >= 4 is 17.7 Å². The zero-order valence-electron chi connectivity index (χ0n) is 11.2. The molecular formula is C12H19N5O2. The van der Waals surface area contributed by atoms with E-state index >= 15 is 0 Å². The molecule has 1 aliphatic rings. The first-order valence-corrected chi connectivity index (χ1v) is 6.34. The highest BCUT2D eigenvalue weighted by molar-refractivity contribution is 5.64. The van der Waals surface area contributed by atoms with Gasteiger partial charge in [-0.1, -0.05) is 0 Å². The van der Waals surface area contributed by atoms with Crippen molar-refractivity contribution in [3.8, 4) is 0 Å². The lowest BCUT2D eigenvalue weighted by atomic mass is 10.2. The third-order valence-corrected chi connectivity index (χ3v) is 2.98. The number of primary amides is 1. The van der Waals surface area contributed by atoms with Gasteiger partial charge < -0.3 is 21.1 Å². The first-order chi connectivity index (χ1) is 9.11. The zero-order chi connectivity index (χ0) is 13.8. The molecule has 1 saturated carbocycles. The van der Waals surface area contributed by atoms with E-state index in [2.05, 4.69) is 25.3 Å².